The van der Waals surface area contributed by atoms with Gasteiger partial charge in [-0.3, -0.25) is 4.79 Å². The number of ether oxygens (including phenoxy) is 1. The molecule has 9 nitrogen and oxygen atoms in total. The molecule has 1 aromatic heterocycles. The van der Waals surface area contributed by atoms with Crippen molar-refractivity contribution in [1.29, 1.82) is 0 Å². The lowest BCUT2D eigenvalue weighted by atomic mass is 9.86. The van der Waals surface area contributed by atoms with Crippen molar-refractivity contribution in [3.8, 4) is 0 Å². The van der Waals surface area contributed by atoms with Crippen LogP contribution in [0.4, 0.5) is 8.78 Å². The molecule has 5 heterocycles. The van der Waals surface area contributed by atoms with Crippen molar-refractivity contribution < 1.29 is 31.3 Å². The molecular weight excluding hydrogens is 530 g/mol. The molecule has 12 heteroatoms. The van der Waals surface area contributed by atoms with Crippen molar-refractivity contribution in [3.05, 3.63) is 17.5 Å². The highest BCUT2D eigenvalue weighted by Crippen LogP contribution is 2.40. The first-order chi connectivity index (χ1) is 18.6. The first-order valence-electron chi connectivity index (χ1n) is 14.6. The Morgan fingerprint density at radius 2 is 1.69 bits per heavy atom. The summed E-state index contributed by atoms with van der Waals surface area (Å²) in [5, 5.41) is 6.98. The van der Waals surface area contributed by atoms with Crippen LogP contribution in [0.15, 0.2) is 10.6 Å². The predicted molar refractivity (Wildman–Crippen MR) is 139 cm³/mol. The van der Waals surface area contributed by atoms with Gasteiger partial charge >= 0.3 is 0 Å². The second-order valence-corrected chi connectivity index (χ2v) is 14.4. The molecule has 0 aromatic carbocycles. The molecule has 1 amide bonds. The normalized spacial score (nSPS) is 31.3. The molecule has 1 aliphatic carbocycles. The fraction of sp³-hybridized carbons (Fsp3) is 0.852. The Morgan fingerprint density at radius 1 is 1.03 bits per heavy atom. The first-order valence-corrected chi connectivity index (χ1v) is 16.2. The van der Waals surface area contributed by atoms with E-state index < -0.39 is 15.9 Å². The highest BCUT2D eigenvalue weighted by Gasteiger charge is 2.47. The number of fused-ring (bicyclic) bond motifs is 2. The number of piperidine rings is 2. The molecule has 0 radical (unpaired) electrons. The van der Waals surface area contributed by atoms with E-state index in [9.17, 15) is 22.0 Å². The second-order valence-electron chi connectivity index (χ2n) is 12.5. The minimum atomic E-state index is -3.40. The average molecular weight is 571 g/mol. The van der Waals surface area contributed by atoms with Crippen molar-refractivity contribution in [1.82, 2.24) is 19.7 Å². The number of nitrogens with one attached hydrogen (secondary N) is 1. The van der Waals surface area contributed by atoms with E-state index in [4.69, 9.17) is 9.26 Å². The largest absolute Gasteiger partial charge is 0.380 e. The van der Waals surface area contributed by atoms with Crippen molar-refractivity contribution in [2.24, 2.45) is 11.8 Å². The zero-order valence-electron chi connectivity index (χ0n) is 22.4. The van der Waals surface area contributed by atoms with E-state index in [2.05, 4.69) is 15.4 Å². The second kappa shape index (κ2) is 11.0. The number of aromatic nitrogens is 1. The molecule has 1 aromatic rings. The molecular formula is C27H40F2N4O5S. The molecule has 4 saturated heterocycles. The van der Waals surface area contributed by atoms with Crippen LogP contribution in [0.1, 0.15) is 86.4 Å². The average Bonchev–Trinajstić information content (AvgIpc) is 3.44. The number of halogens is 2. The van der Waals surface area contributed by atoms with Crippen molar-refractivity contribution in [2.45, 2.75) is 94.2 Å². The van der Waals surface area contributed by atoms with Crippen LogP contribution in [-0.4, -0.2) is 91.3 Å². The van der Waals surface area contributed by atoms with Gasteiger partial charge in [-0.25, -0.2) is 17.2 Å². The van der Waals surface area contributed by atoms with E-state index in [1.807, 2.05) is 0 Å². The van der Waals surface area contributed by atoms with Crippen molar-refractivity contribution in [3.63, 3.8) is 0 Å². The van der Waals surface area contributed by atoms with Crippen LogP contribution in [0.5, 0.6) is 0 Å². The van der Waals surface area contributed by atoms with Gasteiger partial charge in [-0.2, -0.15) is 4.31 Å². The smallest absolute Gasteiger partial charge is 0.273 e. The molecule has 218 valence electrons. The molecule has 6 rings (SSSR count). The molecule has 2 atom stereocenters. The van der Waals surface area contributed by atoms with Gasteiger partial charge in [0.25, 0.3) is 5.91 Å². The highest BCUT2D eigenvalue weighted by molar-refractivity contribution is 7.89. The van der Waals surface area contributed by atoms with E-state index in [1.165, 1.54) is 0 Å². The molecule has 2 unspecified atom stereocenters. The number of hydrogen-bond acceptors (Lipinski definition) is 7. The molecule has 39 heavy (non-hydrogen) atoms. The van der Waals surface area contributed by atoms with Crippen LogP contribution in [-0.2, 0) is 14.8 Å². The number of rotatable bonds is 8. The van der Waals surface area contributed by atoms with Crippen LogP contribution in [0.2, 0.25) is 0 Å². The summed E-state index contributed by atoms with van der Waals surface area (Å²) in [6.07, 6.45) is 5.68. The summed E-state index contributed by atoms with van der Waals surface area (Å²) in [7, 11) is -3.40. The summed E-state index contributed by atoms with van der Waals surface area (Å²) in [6.45, 7) is 3.69. The lowest BCUT2D eigenvalue weighted by Gasteiger charge is -2.40. The Bertz CT molecular complexity index is 1110. The Balaban J connectivity index is 0.971. The highest BCUT2D eigenvalue weighted by atomic mass is 32.2. The molecule has 5 fully saturated rings. The lowest BCUT2D eigenvalue weighted by molar-refractivity contribution is -0.0495. The Morgan fingerprint density at radius 3 is 2.31 bits per heavy atom. The summed E-state index contributed by atoms with van der Waals surface area (Å²) in [4.78, 5) is 15.1. The number of hydrogen-bond donors (Lipinski definition) is 1. The molecule has 0 spiro atoms. The fourth-order valence-electron chi connectivity index (χ4n) is 7.32. The third-order valence-corrected chi connectivity index (χ3v) is 11.8. The number of nitrogens with zero attached hydrogens (tertiary/aromatic N) is 3. The van der Waals surface area contributed by atoms with E-state index >= 15 is 0 Å². The zero-order chi connectivity index (χ0) is 27.2. The summed E-state index contributed by atoms with van der Waals surface area (Å²) in [5.41, 5.74) is 0.257. The standard InChI is InChI=1S/C27H40F2N4O5S/c28-27(29)7-3-18(4-8-27)14-32-9-5-19(6-10-32)17-39(35,36)33-22-1-2-23(33)12-21(11-22)30-26(34)24-13-25(38-31-24)20-15-37-16-20/h13,18-23H,1-12,14-17H2,(H,30,34). The molecule has 4 aliphatic heterocycles. The fourth-order valence-corrected chi connectivity index (χ4v) is 9.71. The van der Waals surface area contributed by atoms with E-state index in [1.54, 1.807) is 10.4 Å². The van der Waals surface area contributed by atoms with Gasteiger partial charge in [0, 0.05) is 43.6 Å². The maximum atomic E-state index is 13.5. The lowest BCUT2D eigenvalue weighted by Crippen LogP contribution is -2.53. The Kier molecular flexibility index (Phi) is 7.75. The van der Waals surface area contributed by atoms with E-state index in [-0.39, 0.29) is 60.2 Å². The van der Waals surface area contributed by atoms with Crippen LogP contribution in [0, 0.1) is 11.8 Å². The summed E-state index contributed by atoms with van der Waals surface area (Å²) >= 11 is 0. The van der Waals surface area contributed by atoms with Crippen LogP contribution in [0.25, 0.3) is 0 Å². The number of likely N-dealkylation sites (tertiary alicyclic amines) is 1. The van der Waals surface area contributed by atoms with Gasteiger partial charge in [-0.05, 0) is 76.3 Å². The van der Waals surface area contributed by atoms with Crippen molar-refractivity contribution in [2.75, 3.05) is 38.6 Å². The Labute approximate surface area is 229 Å². The van der Waals surface area contributed by atoms with Gasteiger partial charge in [0.15, 0.2) is 5.69 Å². The summed E-state index contributed by atoms with van der Waals surface area (Å²) in [5.74, 6) is -1.33. The number of sulfonamides is 1. The number of carbonyl (C=O) groups excluding carboxylic acids is 1. The van der Waals surface area contributed by atoms with Crippen molar-refractivity contribution >= 4 is 15.9 Å². The van der Waals surface area contributed by atoms with Gasteiger partial charge < -0.3 is 19.5 Å². The molecule has 1 N–H and O–H groups in total. The third-order valence-electron chi connectivity index (χ3n) is 9.63. The van der Waals surface area contributed by atoms with Gasteiger partial charge in [0.1, 0.15) is 5.76 Å². The SMILES string of the molecule is O=C(NC1CC2CCC(C1)N2S(=O)(=O)CC1CCN(CC2CCC(F)(F)CC2)CC1)c1cc(C2COC2)on1. The number of alkyl halides is 2. The van der Waals surface area contributed by atoms with Gasteiger partial charge in [0.2, 0.25) is 15.9 Å². The maximum Gasteiger partial charge on any atom is 0.273 e. The van der Waals surface area contributed by atoms with E-state index in [0.29, 0.717) is 50.6 Å². The van der Waals surface area contributed by atoms with Gasteiger partial charge in [0.05, 0.1) is 24.9 Å². The van der Waals surface area contributed by atoms with E-state index in [0.717, 1.165) is 45.3 Å². The molecule has 1 saturated carbocycles. The third kappa shape index (κ3) is 6.18. The monoisotopic (exact) mass is 570 g/mol. The van der Waals surface area contributed by atoms with Crippen LogP contribution < -0.4 is 5.32 Å². The summed E-state index contributed by atoms with van der Waals surface area (Å²) in [6, 6.07) is 1.43. The quantitative estimate of drug-likeness (QED) is 0.511. The number of amides is 1. The summed E-state index contributed by atoms with van der Waals surface area (Å²) < 4.78 is 66.3. The first kappa shape index (κ1) is 27.5. The van der Waals surface area contributed by atoms with Gasteiger partial charge in [-0.15, -0.1) is 0 Å². The molecule has 2 bridgehead atoms. The maximum absolute atomic E-state index is 13.5. The minimum absolute atomic E-state index is 0.00746. The van der Waals surface area contributed by atoms with Crippen LogP contribution >= 0.6 is 0 Å². The molecule has 5 aliphatic rings. The topological polar surface area (TPSA) is 105 Å². The minimum Gasteiger partial charge on any atom is -0.380 e. The number of carbonyl (C=O) groups is 1. The Hall–Kier alpha value is -1.63. The van der Waals surface area contributed by atoms with Gasteiger partial charge in [-0.1, -0.05) is 5.16 Å². The zero-order valence-corrected chi connectivity index (χ0v) is 23.2. The van der Waals surface area contributed by atoms with Crippen LogP contribution in [0.3, 0.4) is 0 Å². The predicted octanol–water partition coefficient (Wildman–Crippen LogP) is 3.38.